The molecule has 1 heterocycles. The molecule has 0 saturated carbocycles. The van der Waals surface area contributed by atoms with Gasteiger partial charge in [0.15, 0.2) is 0 Å². The third-order valence-electron chi connectivity index (χ3n) is 2.75. The first kappa shape index (κ1) is 14.1. The average molecular weight is 324 g/mol. The van der Waals surface area contributed by atoms with E-state index in [0.29, 0.717) is 6.61 Å². The Morgan fingerprint density at radius 3 is 2.79 bits per heavy atom. The summed E-state index contributed by atoms with van der Waals surface area (Å²) in [7, 11) is 0. The number of aromatic nitrogens is 2. The Balaban J connectivity index is 1.82. The Labute approximate surface area is 121 Å². The number of ether oxygens (including phenoxy) is 1. The summed E-state index contributed by atoms with van der Waals surface area (Å²) in [5, 5.41) is 7.60. The van der Waals surface area contributed by atoms with Crippen LogP contribution in [0.1, 0.15) is 12.6 Å². The summed E-state index contributed by atoms with van der Waals surface area (Å²) in [6, 6.07) is 9.88. The molecule has 4 nitrogen and oxygen atoms in total. The van der Waals surface area contributed by atoms with Crippen LogP contribution in [0.25, 0.3) is 0 Å². The van der Waals surface area contributed by atoms with E-state index in [1.807, 2.05) is 41.2 Å². The molecule has 5 heteroatoms. The predicted octanol–water partition coefficient (Wildman–Crippen LogP) is 2.83. The Hall–Kier alpha value is -1.33. The normalized spacial score (nSPS) is 10.6. The molecular formula is C14H18BrN3O. The van der Waals surface area contributed by atoms with Gasteiger partial charge in [0.25, 0.3) is 0 Å². The minimum absolute atomic E-state index is 0.614. The number of hydrogen-bond acceptors (Lipinski definition) is 3. The van der Waals surface area contributed by atoms with Crippen molar-refractivity contribution in [1.82, 2.24) is 15.1 Å². The van der Waals surface area contributed by atoms with E-state index in [9.17, 15) is 0 Å². The first-order valence-corrected chi connectivity index (χ1v) is 7.18. The molecule has 2 aromatic rings. The molecule has 19 heavy (non-hydrogen) atoms. The van der Waals surface area contributed by atoms with E-state index in [4.69, 9.17) is 4.74 Å². The van der Waals surface area contributed by atoms with E-state index < -0.39 is 0 Å². The van der Waals surface area contributed by atoms with E-state index in [2.05, 4.69) is 33.3 Å². The van der Waals surface area contributed by atoms with Crippen LogP contribution in [0.4, 0.5) is 0 Å². The van der Waals surface area contributed by atoms with E-state index in [1.54, 1.807) is 0 Å². The molecule has 0 saturated heterocycles. The van der Waals surface area contributed by atoms with Gasteiger partial charge in [-0.3, -0.25) is 4.68 Å². The summed E-state index contributed by atoms with van der Waals surface area (Å²) in [6.45, 7) is 5.26. The molecular weight excluding hydrogens is 306 g/mol. The van der Waals surface area contributed by atoms with Crippen molar-refractivity contribution in [2.24, 2.45) is 0 Å². The van der Waals surface area contributed by atoms with Crippen molar-refractivity contribution in [3.05, 3.63) is 46.7 Å². The first-order valence-electron chi connectivity index (χ1n) is 6.39. The highest BCUT2D eigenvalue weighted by atomic mass is 79.9. The molecule has 1 aromatic heterocycles. The fraction of sp³-hybridized carbons (Fsp3) is 0.357. The fourth-order valence-corrected chi connectivity index (χ4v) is 2.01. The standard InChI is InChI=1S/C14H18BrN3O/c1-2-16-11-13-7-8-17-18(13)9-10-19-14-5-3-12(15)4-6-14/h3-8,16H,2,9-11H2,1H3. The lowest BCUT2D eigenvalue weighted by Gasteiger charge is -2.09. The van der Waals surface area contributed by atoms with Gasteiger partial charge in [0.05, 0.1) is 12.2 Å². The lowest BCUT2D eigenvalue weighted by molar-refractivity contribution is 0.288. The first-order chi connectivity index (χ1) is 9.29. The van der Waals surface area contributed by atoms with Crippen LogP contribution in [-0.4, -0.2) is 22.9 Å². The van der Waals surface area contributed by atoms with Gasteiger partial charge in [0.2, 0.25) is 0 Å². The zero-order valence-corrected chi connectivity index (χ0v) is 12.6. The Kier molecular flexibility index (Phi) is 5.42. The second-order valence-corrected chi connectivity index (χ2v) is 5.04. The van der Waals surface area contributed by atoms with E-state index >= 15 is 0 Å². The van der Waals surface area contributed by atoms with Crippen LogP contribution < -0.4 is 10.1 Å². The van der Waals surface area contributed by atoms with Crippen molar-refractivity contribution in [2.75, 3.05) is 13.2 Å². The van der Waals surface area contributed by atoms with Gasteiger partial charge in [-0.05, 0) is 36.9 Å². The second-order valence-electron chi connectivity index (χ2n) is 4.13. The SMILES string of the molecule is CCNCc1ccnn1CCOc1ccc(Br)cc1. The van der Waals surface area contributed by atoms with Crippen LogP contribution in [0.3, 0.4) is 0 Å². The predicted molar refractivity (Wildman–Crippen MR) is 79.2 cm³/mol. The summed E-state index contributed by atoms with van der Waals surface area (Å²) in [6.07, 6.45) is 1.83. The summed E-state index contributed by atoms with van der Waals surface area (Å²) in [4.78, 5) is 0. The minimum atomic E-state index is 0.614. The number of hydrogen-bond donors (Lipinski definition) is 1. The summed E-state index contributed by atoms with van der Waals surface area (Å²) in [5.41, 5.74) is 1.18. The van der Waals surface area contributed by atoms with E-state index in [1.165, 1.54) is 5.69 Å². The number of nitrogens with zero attached hydrogens (tertiary/aromatic N) is 2. The molecule has 0 bridgehead atoms. The van der Waals surface area contributed by atoms with Gasteiger partial charge in [0, 0.05) is 17.2 Å². The third-order valence-corrected chi connectivity index (χ3v) is 3.27. The number of rotatable bonds is 7. The van der Waals surface area contributed by atoms with Crippen LogP contribution in [0, 0.1) is 0 Å². The van der Waals surface area contributed by atoms with Gasteiger partial charge in [-0.1, -0.05) is 22.9 Å². The summed E-state index contributed by atoms with van der Waals surface area (Å²) in [5.74, 6) is 0.878. The zero-order chi connectivity index (χ0) is 13.5. The van der Waals surface area contributed by atoms with Crippen LogP contribution in [-0.2, 0) is 13.1 Å². The topological polar surface area (TPSA) is 39.1 Å². The average Bonchev–Trinajstić information content (AvgIpc) is 2.86. The molecule has 0 spiro atoms. The molecule has 0 amide bonds. The number of benzene rings is 1. The molecule has 0 aliphatic rings. The summed E-state index contributed by atoms with van der Waals surface area (Å²) >= 11 is 3.40. The molecule has 0 radical (unpaired) electrons. The zero-order valence-electron chi connectivity index (χ0n) is 11.0. The van der Waals surface area contributed by atoms with Crippen molar-refractivity contribution in [3.8, 4) is 5.75 Å². The molecule has 0 fully saturated rings. The maximum absolute atomic E-state index is 5.69. The highest BCUT2D eigenvalue weighted by molar-refractivity contribution is 9.10. The monoisotopic (exact) mass is 323 g/mol. The van der Waals surface area contributed by atoms with E-state index in [0.717, 1.165) is 29.9 Å². The molecule has 102 valence electrons. The molecule has 0 atom stereocenters. The lowest BCUT2D eigenvalue weighted by Crippen LogP contribution is -2.18. The van der Waals surface area contributed by atoms with Crippen molar-refractivity contribution in [2.45, 2.75) is 20.0 Å². The Morgan fingerprint density at radius 2 is 2.05 bits per heavy atom. The largest absolute Gasteiger partial charge is 0.492 e. The smallest absolute Gasteiger partial charge is 0.119 e. The van der Waals surface area contributed by atoms with Crippen LogP contribution in [0.15, 0.2) is 41.0 Å². The molecule has 0 unspecified atom stereocenters. The minimum Gasteiger partial charge on any atom is -0.492 e. The maximum Gasteiger partial charge on any atom is 0.119 e. The van der Waals surface area contributed by atoms with Crippen molar-refractivity contribution < 1.29 is 4.74 Å². The number of halogens is 1. The quantitative estimate of drug-likeness (QED) is 0.851. The fourth-order valence-electron chi connectivity index (χ4n) is 1.75. The van der Waals surface area contributed by atoms with Gasteiger partial charge < -0.3 is 10.1 Å². The second kappa shape index (κ2) is 7.31. The highest BCUT2D eigenvalue weighted by Crippen LogP contribution is 2.16. The van der Waals surface area contributed by atoms with Crippen LogP contribution >= 0.6 is 15.9 Å². The van der Waals surface area contributed by atoms with Crippen molar-refractivity contribution >= 4 is 15.9 Å². The molecule has 0 aliphatic carbocycles. The van der Waals surface area contributed by atoms with Gasteiger partial charge in [-0.25, -0.2) is 0 Å². The van der Waals surface area contributed by atoms with Gasteiger partial charge in [0.1, 0.15) is 12.4 Å². The highest BCUT2D eigenvalue weighted by Gasteiger charge is 2.02. The molecule has 1 aromatic carbocycles. The Bertz CT molecular complexity index is 496. The summed E-state index contributed by atoms with van der Waals surface area (Å²) < 4.78 is 8.72. The van der Waals surface area contributed by atoms with Crippen LogP contribution in [0.5, 0.6) is 5.75 Å². The van der Waals surface area contributed by atoms with E-state index in [-0.39, 0.29) is 0 Å². The van der Waals surface area contributed by atoms with Crippen LogP contribution in [0.2, 0.25) is 0 Å². The van der Waals surface area contributed by atoms with Crippen molar-refractivity contribution in [1.29, 1.82) is 0 Å². The number of nitrogens with one attached hydrogen (secondary N) is 1. The molecule has 2 rings (SSSR count). The van der Waals surface area contributed by atoms with Gasteiger partial charge >= 0.3 is 0 Å². The van der Waals surface area contributed by atoms with Gasteiger partial charge in [-0.15, -0.1) is 0 Å². The Morgan fingerprint density at radius 1 is 1.26 bits per heavy atom. The lowest BCUT2D eigenvalue weighted by atomic mass is 10.3. The molecule has 0 aliphatic heterocycles. The molecule has 1 N–H and O–H groups in total. The van der Waals surface area contributed by atoms with Gasteiger partial charge in [-0.2, -0.15) is 5.10 Å². The van der Waals surface area contributed by atoms with Crippen molar-refractivity contribution in [3.63, 3.8) is 0 Å². The maximum atomic E-state index is 5.69. The third kappa shape index (κ3) is 4.36.